The molecule has 0 N–H and O–H groups in total. The van der Waals surface area contributed by atoms with Crippen LogP contribution in [0.1, 0.15) is 25.8 Å². The van der Waals surface area contributed by atoms with E-state index in [1.165, 1.54) is 12.1 Å². The predicted octanol–water partition coefficient (Wildman–Crippen LogP) is 4.83. The molecular weight excluding hydrogens is 278 g/mol. The molecule has 0 bridgehead atoms. The van der Waals surface area contributed by atoms with Gasteiger partial charge in [0.2, 0.25) is 0 Å². The molecule has 84 valence electrons. The van der Waals surface area contributed by atoms with Crippen LogP contribution in [0.3, 0.4) is 0 Å². The van der Waals surface area contributed by atoms with Crippen molar-refractivity contribution in [3.8, 4) is 0 Å². The summed E-state index contributed by atoms with van der Waals surface area (Å²) >= 11 is 9.58. The van der Waals surface area contributed by atoms with Crippen LogP contribution in [0, 0.1) is 11.7 Å². The van der Waals surface area contributed by atoms with Gasteiger partial charge in [-0.2, -0.15) is 0 Å². The van der Waals surface area contributed by atoms with Gasteiger partial charge in [0.15, 0.2) is 0 Å². The molecule has 0 saturated carbocycles. The fourth-order valence-corrected chi connectivity index (χ4v) is 2.37. The SMILES string of the molecule is CCC(Cc1cc(F)ccc1Cl)C(C)Br. The second-order valence-corrected chi connectivity index (χ2v) is 5.64. The first-order valence-electron chi connectivity index (χ1n) is 5.12. The van der Waals surface area contributed by atoms with Crippen LogP contribution in [-0.2, 0) is 6.42 Å². The quantitative estimate of drug-likeness (QED) is 0.697. The molecule has 0 aliphatic rings. The summed E-state index contributed by atoms with van der Waals surface area (Å²) in [6.45, 7) is 4.25. The maximum atomic E-state index is 13.0. The normalized spacial score (nSPS) is 15.0. The van der Waals surface area contributed by atoms with Crippen LogP contribution < -0.4 is 0 Å². The molecule has 0 spiro atoms. The lowest BCUT2D eigenvalue weighted by Crippen LogP contribution is -2.13. The first-order valence-corrected chi connectivity index (χ1v) is 6.42. The van der Waals surface area contributed by atoms with Gasteiger partial charge >= 0.3 is 0 Å². The first kappa shape index (κ1) is 13.0. The minimum atomic E-state index is -0.216. The Morgan fingerprint density at radius 3 is 2.67 bits per heavy atom. The maximum Gasteiger partial charge on any atom is 0.123 e. The highest BCUT2D eigenvalue weighted by molar-refractivity contribution is 9.09. The molecule has 0 amide bonds. The smallest absolute Gasteiger partial charge is 0.123 e. The molecular formula is C12H15BrClF. The highest BCUT2D eigenvalue weighted by Gasteiger charge is 2.15. The standard InChI is InChI=1S/C12H15BrClF/c1-3-9(8(2)13)6-10-7-11(15)4-5-12(10)14/h4-5,7-9H,3,6H2,1-2H3. The molecule has 1 aromatic carbocycles. The number of hydrogen-bond acceptors (Lipinski definition) is 0. The van der Waals surface area contributed by atoms with E-state index in [9.17, 15) is 4.39 Å². The second kappa shape index (κ2) is 5.86. The summed E-state index contributed by atoms with van der Waals surface area (Å²) in [5.74, 6) is 0.274. The molecule has 0 radical (unpaired) electrons. The van der Waals surface area contributed by atoms with Gasteiger partial charge in [0.25, 0.3) is 0 Å². The predicted molar refractivity (Wildman–Crippen MR) is 67.3 cm³/mol. The highest BCUT2D eigenvalue weighted by Crippen LogP contribution is 2.25. The molecule has 1 rings (SSSR count). The van der Waals surface area contributed by atoms with Gasteiger partial charge in [0, 0.05) is 9.85 Å². The molecule has 15 heavy (non-hydrogen) atoms. The van der Waals surface area contributed by atoms with Crippen molar-refractivity contribution >= 4 is 27.5 Å². The van der Waals surface area contributed by atoms with Crippen molar-refractivity contribution in [2.45, 2.75) is 31.5 Å². The van der Waals surface area contributed by atoms with Gasteiger partial charge in [-0.25, -0.2) is 4.39 Å². The van der Waals surface area contributed by atoms with Crippen LogP contribution in [0.5, 0.6) is 0 Å². The van der Waals surface area contributed by atoms with E-state index >= 15 is 0 Å². The summed E-state index contributed by atoms with van der Waals surface area (Å²) in [4.78, 5) is 0.418. The van der Waals surface area contributed by atoms with E-state index in [0.717, 1.165) is 18.4 Å². The third kappa shape index (κ3) is 3.76. The fraction of sp³-hybridized carbons (Fsp3) is 0.500. The zero-order valence-corrected chi connectivity index (χ0v) is 11.3. The molecule has 0 saturated heterocycles. The van der Waals surface area contributed by atoms with Crippen LogP contribution in [0.15, 0.2) is 18.2 Å². The topological polar surface area (TPSA) is 0 Å². The zero-order valence-electron chi connectivity index (χ0n) is 8.93. The highest BCUT2D eigenvalue weighted by atomic mass is 79.9. The molecule has 0 fully saturated rings. The lowest BCUT2D eigenvalue weighted by atomic mass is 9.94. The fourth-order valence-electron chi connectivity index (χ4n) is 1.61. The number of benzene rings is 1. The summed E-state index contributed by atoms with van der Waals surface area (Å²) < 4.78 is 13.0. The van der Waals surface area contributed by atoms with Gasteiger partial charge in [-0.1, -0.05) is 47.8 Å². The van der Waals surface area contributed by atoms with E-state index < -0.39 is 0 Å². The van der Waals surface area contributed by atoms with Crippen LogP contribution in [0.2, 0.25) is 5.02 Å². The summed E-state index contributed by atoms with van der Waals surface area (Å²) in [5, 5.41) is 0.656. The van der Waals surface area contributed by atoms with Gasteiger partial charge in [0.05, 0.1) is 0 Å². The Labute approximate surface area is 104 Å². The molecule has 1 aromatic rings. The molecule has 0 nitrogen and oxygen atoms in total. The first-order chi connectivity index (χ1) is 7.04. The zero-order chi connectivity index (χ0) is 11.4. The monoisotopic (exact) mass is 292 g/mol. The van der Waals surface area contributed by atoms with Crippen molar-refractivity contribution in [1.29, 1.82) is 0 Å². The van der Waals surface area contributed by atoms with Gasteiger partial charge in [-0.15, -0.1) is 0 Å². The van der Waals surface area contributed by atoms with Crippen molar-refractivity contribution < 1.29 is 4.39 Å². The van der Waals surface area contributed by atoms with Crippen LogP contribution >= 0.6 is 27.5 Å². The average molecular weight is 294 g/mol. The molecule has 0 aromatic heterocycles. The van der Waals surface area contributed by atoms with E-state index in [-0.39, 0.29) is 5.82 Å². The Hall–Kier alpha value is -0.0800. The van der Waals surface area contributed by atoms with Crippen molar-refractivity contribution in [2.75, 3.05) is 0 Å². The van der Waals surface area contributed by atoms with Crippen molar-refractivity contribution in [3.05, 3.63) is 34.6 Å². The minimum Gasteiger partial charge on any atom is -0.207 e. The van der Waals surface area contributed by atoms with Crippen LogP contribution in [0.25, 0.3) is 0 Å². The molecule has 0 aliphatic carbocycles. The van der Waals surface area contributed by atoms with Crippen molar-refractivity contribution in [3.63, 3.8) is 0 Å². The van der Waals surface area contributed by atoms with Gasteiger partial charge < -0.3 is 0 Å². The van der Waals surface area contributed by atoms with E-state index in [0.29, 0.717) is 15.8 Å². The maximum absolute atomic E-state index is 13.0. The Kier molecular flexibility index (Phi) is 5.07. The Morgan fingerprint density at radius 2 is 2.13 bits per heavy atom. The molecule has 0 heterocycles. The Morgan fingerprint density at radius 1 is 1.47 bits per heavy atom. The summed E-state index contributed by atoms with van der Waals surface area (Å²) in [5.41, 5.74) is 0.898. The van der Waals surface area contributed by atoms with Crippen molar-refractivity contribution in [1.82, 2.24) is 0 Å². The van der Waals surface area contributed by atoms with E-state index in [1.807, 2.05) is 0 Å². The van der Waals surface area contributed by atoms with E-state index in [4.69, 9.17) is 11.6 Å². The van der Waals surface area contributed by atoms with E-state index in [2.05, 4.69) is 29.8 Å². The number of hydrogen-bond donors (Lipinski definition) is 0. The summed E-state index contributed by atoms with van der Waals surface area (Å²) in [7, 11) is 0. The molecule has 3 heteroatoms. The molecule has 2 unspecified atom stereocenters. The number of rotatable bonds is 4. The van der Waals surface area contributed by atoms with Crippen LogP contribution in [-0.4, -0.2) is 4.83 Å². The van der Waals surface area contributed by atoms with Gasteiger partial charge in [-0.05, 0) is 36.1 Å². The average Bonchev–Trinajstić information content (AvgIpc) is 2.18. The lowest BCUT2D eigenvalue weighted by molar-refractivity contribution is 0.506. The minimum absolute atomic E-state index is 0.216. The number of alkyl halides is 1. The largest absolute Gasteiger partial charge is 0.207 e. The third-order valence-electron chi connectivity index (χ3n) is 2.66. The Balaban J connectivity index is 2.82. The summed E-state index contributed by atoms with van der Waals surface area (Å²) in [6, 6.07) is 4.54. The second-order valence-electron chi connectivity index (χ2n) is 3.79. The van der Waals surface area contributed by atoms with Crippen molar-refractivity contribution in [2.24, 2.45) is 5.92 Å². The lowest BCUT2D eigenvalue weighted by Gasteiger charge is -2.18. The molecule has 2 atom stereocenters. The number of halogens is 3. The third-order valence-corrected chi connectivity index (χ3v) is 3.78. The Bertz CT molecular complexity index is 325. The van der Waals surface area contributed by atoms with Crippen LogP contribution in [0.4, 0.5) is 4.39 Å². The van der Waals surface area contributed by atoms with Gasteiger partial charge in [-0.3, -0.25) is 0 Å². The van der Waals surface area contributed by atoms with Gasteiger partial charge in [0.1, 0.15) is 5.82 Å². The molecule has 0 aliphatic heterocycles. The van der Waals surface area contributed by atoms with E-state index in [1.54, 1.807) is 6.07 Å². The summed E-state index contributed by atoms with van der Waals surface area (Å²) in [6.07, 6.45) is 1.87.